The van der Waals surface area contributed by atoms with E-state index in [0.717, 1.165) is 12.2 Å². The summed E-state index contributed by atoms with van der Waals surface area (Å²) in [5.74, 6) is 6.86. The summed E-state index contributed by atoms with van der Waals surface area (Å²) < 4.78 is 10.7. The van der Waals surface area contributed by atoms with Crippen LogP contribution in [-0.4, -0.2) is 27.6 Å². The number of furan rings is 1. The maximum atomic E-state index is 5.43. The number of hydrogen-bond donors (Lipinski definition) is 3. The van der Waals surface area contributed by atoms with Crippen molar-refractivity contribution in [2.75, 3.05) is 17.3 Å². The van der Waals surface area contributed by atoms with Gasteiger partial charge in [-0.1, -0.05) is 0 Å². The maximum Gasteiger partial charge on any atom is 0.323 e. The fraction of sp³-hybridized carbons (Fsp3) is 0.417. The summed E-state index contributed by atoms with van der Waals surface area (Å²) >= 11 is 0. The van der Waals surface area contributed by atoms with E-state index in [0.29, 0.717) is 12.5 Å². The Morgan fingerprint density at radius 2 is 2.10 bits per heavy atom. The van der Waals surface area contributed by atoms with Crippen LogP contribution in [0, 0.1) is 0 Å². The number of nitrogens with two attached hydrogens (primary N) is 1. The monoisotopic (exact) mass is 278 g/mol. The normalized spacial score (nSPS) is 10.6. The minimum atomic E-state index is -0.0287. The Morgan fingerprint density at radius 3 is 2.75 bits per heavy atom. The summed E-state index contributed by atoms with van der Waals surface area (Å²) in [5.41, 5.74) is 2.38. The van der Waals surface area contributed by atoms with Gasteiger partial charge in [0.15, 0.2) is 0 Å². The van der Waals surface area contributed by atoms with Crippen molar-refractivity contribution in [3.63, 3.8) is 0 Å². The van der Waals surface area contributed by atoms with Crippen LogP contribution >= 0.6 is 0 Å². The lowest BCUT2D eigenvalue weighted by Gasteiger charge is -2.10. The first-order valence-corrected chi connectivity index (χ1v) is 6.33. The molecule has 0 aromatic carbocycles. The molecule has 0 bridgehead atoms. The summed E-state index contributed by atoms with van der Waals surface area (Å²) in [6.45, 7) is 4.41. The van der Waals surface area contributed by atoms with Crippen molar-refractivity contribution >= 4 is 11.9 Å². The predicted octanol–water partition coefficient (Wildman–Crippen LogP) is 1.19. The van der Waals surface area contributed by atoms with Crippen LogP contribution in [0.3, 0.4) is 0 Å². The minimum Gasteiger partial charge on any atom is -0.469 e. The van der Waals surface area contributed by atoms with Crippen molar-refractivity contribution in [2.45, 2.75) is 26.4 Å². The average Bonchev–Trinajstić information content (AvgIpc) is 2.91. The van der Waals surface area contributed by atoms with E-state index in [9.17, 15) is 0 Å². The summed E-state index contributed by atoms with van der Waals surface area (Å²) in [7, 11) is 0. The molecule has 0 spiro atoms. The zero-order valence-electron chi connectivity index (χ0n) is 11.5. The number of hydrogen-bond acceptors (Lipinski definition) is 8. The van der Waals surface area contributed by atoms with E-state index in [1.165, 1.54) is 0 Å². The molecule has 0 radical (unpaired) electrons. The van der Waals surface area contributed by atoms with Crippen molar-refractivity contribution in [3.05, 3.63) is 24.2 Å². The highest BCUT2D eigenvalue weighted by atomic mass is 16.5. The Morgan fingerprint density at radius 1 is 1.30 bits per heavy atom. The molecule has 0 fully saturated rings. The van der Waals surface area contributed by atoms with E-state index in [-0.39, 0.29) is 18.1 Å². The van der Waals surface area contributed by atoms with E-state index < -0.39 is 0 Å². The van der Waals surface area contributed by atoms with Crippen LogP contribution in [0.5, 0.6) is 6.01 Å². The zero-order valence-corrected chi connectivity index (χ0v) is 11.5. The highest BCUT2D eigenvalue weighted by Gasteiger charge is 2.08. The summed E-state index contributed by atoms with van der Waals surface area (Å²) in [6.07, 6.45) is 2.34. The smallest absolute Gasteiger partial charge is 0.323 e. The molecular weight excluding hydrogens is 260 g/mol. The highest BCUT2D eigenvalue weighted by Crippen LogP contribution is 2.12. The molecule has 4 N–H and O–H groups in total. The van der Waals surface area contributed by atoms with Crippen molar-refractivity contribution < 1.29 is 9.15 Å². The molecule has 0 amide bonds. The molecule has 2 heterocycles. The molecule has 2 aromatic heterocycles. The van der Waals surface area contributed by atoms with Crippen molar-refractivity contribution in [1.82, 2.24) is 15.0 Å². The second-order valence-corrected chi connectivity index (χ2v) is 4.33. The first-order valence-electron chi connectivity index (χ1n) is 6.33. The Labute approximate surface area is 116 Å². The minimum absolute atomic E-state index is 0.0287. The molecule has 108 valence electrons. The number of aromatic nitrogens is 3. The van der Waals surface area contributed by atoms with Gasteiger partial charge in [-0.3, -0.25) is 5.43 Å². The van der Waals surface area contributed by atoms with E-state index in [1.54, 1.807) is 6.26 Å². The van der Waals surface area contributed by atoms with Gasteiger partial charge in [0.2, 0.25) is 11.9 Å². The second kappa shape index (κ2) is 6.71. The van der Waals surface area contributed by atoms with Gasteiger partial charge in [-0.2, -0.15) is 15.0 Å². The molecule has 0 saturated heterocycles. The SMILES string of the molecule is CC(C)Oc1nc(NN)nc(NCCc2ccco2)n1. The zero-order chi connectivity index (χ0) is 14.4. The average molecular weight is 278 g/mol. The molecular formula is C12H18N6O2. The fourth-order valence-corrected chi connectivity index (χ4v) is 1.52. The topological polar surface area (TPSA) is 111 Å². The highest BCUT2D eigenvalue weighted by molar-refractivity contribution is 5.35. The molecule has 8 heteroatoms. The first kappa shape index (κ1) is 14.1. The number of rotatable bonds is 7. The van der Waals surface area contributed by atoms with Gasteiger partial charge in [0.25, 0.3) is 0 Å². The molecule has 0 aliphatic carbocycles. The van der Waals surface area contributed by atoms with Crippen LogP contribution in [0.4, 0.5) is 11.9 Å². The largest absolute Gasteiger partial charge is 0.469 e. The Kier molecular flexibility index (Phi) is 4.72. The van der Waals surface area contributed by atoms with Crippen molar-refractivity contribution in [2.24, 2.45) is 5.84 Å². The maximum absolute atomic E-state index is 5.43. The van der Waals surface area contributed by atoms with Gasteiger partial charge in [-0.15, -0.1) is 0 Å². The van der Waals surface area contributed by atoms with Gasteiger partial charge in [-0.05, 0) is 26.0 Å². The standard InChI is InChI=1S/C12H18N6O2/c1-8(2)20-12-16-10(15-11(17-12)18-13)14-6-5-9-4-3-7-19-9/h3-4,7-8H,5-6,13H2,1-2H3,(H2,14,15,16,17,18). The number of hydrazine groups is 1. The molecule has 0 saturated carbocycles. The van der Waals surface area contributed by atoms with Gasteiger partial charge in [-0.25, -0.2) is 5.84 Å². The Bertz CT molecular complexity index is 529. The molecule has 0 atom stereocenters. The lowest BCUT2D eigenvalue weighted by molar-refractivity contribution is 0.222. The quantitative estimate of drug-likeness (QED) is 0.511. The number of ether oxygens (including phenoxy) is 1. The van der Waals surface area contributed by atoms with E-state index in [2.05, 4.69) is 25.7 Å². The van der Waals surface area contributed by atoms with Gasteiger partial charge in [0.1, 0.15) is 5.76 Å². The molecule has 8 nitrogen and oxygen atoms in total. The van der Waals surface area contributed by atoms with Gasteiger partial charge < -0.3 is 14.5 Å². The Balaban J connectivity index is 1.98. The lowest BCUT2D eigenvalue weighted by Crippen LogP contribution is -2.17. The molecule has 0 aliphatic rings. The number of nitrogens with zero attached hydrogens (tertiary/aromatic N) is 3. The summed E-state index contributed by atoms with van der Waals surface area (Å²) in [4.78, 5) is 12.3. The van der Waals surface area contributed by atoms with E-state index in [4.69, 9.17) is 15.0 Å². The third-order valence-electron chi connectivity index (χ3n) is 2.32. The first-order chi connectivity index (χ1) is 9.67. The fourth-order valence-electron chi connectivity index (χ4n) is 1.52. The molecule has 0 aliphatic heterocycles. The van der Waals surface area contributed by atoms with Crippen LogP contribution in [0.2, 0.25) is 0 Å². The Hall–Kier alpha value is -2.35. The number of nitrogens with one attached hydrogen (secondary N) is 2. The van der Waals surface area contributed by atoms with Crippen molar-refractivity contribution in [1.29, 1.82) is 0 Å². The van der Waals surface area contributed by atoms with Crippen LogP contribution < -0.4 is 21.3 Å². The number of nitrogen functional groups attached to an aromatic ring is 1. The van der Waals surface area contributed by atoms with Gasteiger partial charge >= 0.3 is 6.01 Å². The second-order valence-electron chi connectivity index (χ2n) is 4.33. The molecule has 20 heavy (non-hydrogen) atoms. The third-order valence-corrected chi connectivity index (χ3v) is 2.32. The van der Waals surface area contributed by atoms with Crippen molar-refractivity contribution in [3.8, 4) is 6.01 Å². The lowest BCUT2D eigenvalue weighted by atomic mass is 10.3. The van der Waals surface area contributed by atoms with Crippen LogP contribution in [0.1, 0.15) is 19.6 Å². The van der Waals surface area contributed by atoms with Crippen LogP contribution in [-0.2, 0) is 6.42 Å². The number of anilines is 2. The molecule has 2 aromatic rings. The van der Waals surface area contributed by atoms with Crippen LogP contribution in [0.15, 0.2) is 22.8 Å². The molecule has 2 rings (SSSR count). The summed E-state index contributed by atoms with van der Waals surface area (Å²) in [6, 6.07) is 3.99. The predicted molar refractivity (Wildman–Crippen MR) is 74.3 cm³/mol. The van der Waals surface area contributed by atoms with Gasteiger partial charge in [0.05, 0.1) is 12.4 Å². The van der Waals surface area contributed by atoms with Crippen LogP contribution in [0.25, 0.3) is 0 Å². The van der Waals surface area contributed by atoms with E-state index in [1.807, 2.05) is 26.0 Å². The summed E-state index contributed by atoms with van der Waals surface area (Å²) in [5, 5.41) is 3.07. The van der Waals surface area contributed by atoms with E-state index >= 15 is 0 Å². The third kappa shape index (κ3) is 4.09. The molecule has 0 unspecified atom stereocenters. The van der Waals surface area contributed by atoms with Gasteiger partial charge in [0, 0.05) is 13.0 Å².